The molecule has 0 bridgehead atoms. The van der Waals surface area contributed by atoms with Crippen molar-refractivity contribution in [2.75, 3.05) is 5.73 Å². The average molecular weight is 220 g/mol. The van der Waals surface area contributed by atoms with Gasteiger partial charge in [0.1, 0.15) is 11.3 Å². The van der Waals surface area contributed by atoms with Crippen LogP contribution in [-0.4, -0.2) is 16.0 Å². The number of rotatable bonds is 2. The van der Waals surface area contributed by atoms with Crippen LogP contribution in [0.25, 0.3) is 10.9 Å². The van der Waals surface area contributed by atoms with Crippen LogP contribution in [0.1, 0.15) is 12.6 Å². The Balaban J connectivity index is 2.68. The van der Waals surface area contributed by atoms with Crippen molar-refractivity contribution in [1.82, 2.24) is 9.97 Å². The van der Waals surface area contributed by atoms with E-state index in [1.54, 1.807) is 12.1 Å². The van der Waals surface area contributed by atoms with Crippen molar-refractivity contribution >= 4 is 16.9 Å². The first kappa shape index (κ1) is 10.8. The summed E-state index contributed by atoms with van der Waals surface area (Å²) < 4.78 is 13.5. The Morgan fingerprint density at radius 3 is 2.81 bits per heavy atom. The average Bonchev–Trinajstić information content (AvgIpc) is 2.18. The van der Waals surface area contributed by atoms with Crippen LogP contribution >= 0.6 is 0 Å². The summed E-state index contributed by atoms with van der Waals surface area (Å²) in [6, 6.07) is 4.70. The Hall–Kier alpha value is -1.75. The summed E-state index contributed by atoms with van der Waals surface area (Å²) in [6.45, 7) is 1.86. The van der Waals surface area contributed by atoms with E-state index in [2.05, 4.69) is 9.97 Å². The second-order valence-electron chi connectivity index (χ2n) is 3.85. The summed E-state index contributed by atoms with van der Waals surface area (Å²) in [4.78, 5) is 8.00. The zero-order chi connectivity index (χ0) is 11.7. The van der Waals surface area contributed by atoms with Crippen molar-refractivity contribution in [3.63, 3.8) is 0 Å². The summed E-state index contributed by atoms with van der Waals surface area (Å²) in [5.41, 5.74) is 12.2. The molecule has 1 unspecified atom stereocenters. The van der Waals surface area contributed by atoms with E-state index >= 15 is 0 Å². The molecule has 84 valence electrons. The summed E-state index contributed by atoms with van der Waals surface area (Å²) in [5.74, 6) is -0.314. The lowest BCUT2D eigenvalue weighted by molar-refractivity contribution is 0.636. The van der Waals surface area contributed by atoms with Gasteiger partial charge in [-0.2, -0.15) is 0 Å². The molecule has 2 rings (SSSR count). The van der Waals surface area contributed by atoms with Crippen LogP contribution in [0.5, 0.6) is 0 Å². The SMILES string of the molecule is CC(N)Cc1nc(N)nc2c(F)cccc12. The number of nitrogens with zero attached hydrogens (tertiary/aromatic N) is 2. The molecule has 0 radical (unpaired) electrons. The van der Waals surface area contributed by atoms with Gasteiger partial charge in [-0.15, -0.1) is 0 Å². The fraction of sp³-hybridized carbons (Fsp3) is 0.273. The van der Waals surface area contributed by atoms with E-state index in [0.29, 0.717) is 17.5 Å². The molecule has 0 aliphatic carbocycles. The van der Waals surface area contributed by atoms with Crippen molar-refractivity contribution in [3.05, 3.63) is 29.7 Å². The Kier molecular flexibility index (Phi) is 2.70. The van der Waals surface area contributed by atoms with Crippen LogP contribution in [0.2, 0.25) is 0 Å². The van der Waals surface area contributed by atoms with Crippen LogP contribution in [0.4, 0.5) is 10.3 Å². The molecule has 4 N–H and O–H groups in total. The normalized spacial score (nSPS) is 12.9. The number of hydrogen-bond acceptors (Lipinski definition) is 4. The second kappa shape index (κ2) is 4.02. The molecule has 0 amide bonds. The largest absolute Gasteiger partial charge is 0.368 e. The molecule has 0 aliphatic rings. The molecule has 0 saturated heterocycles. The predicted octanol–water partition coefficient (Wildman–Crippen LogP) is 1.24. The summed E-state index contributed by atoms with van der Waals surface area (Å²) in [5, 5.41) is 0.673. The lowest BCUT2D eigenvalue weighted by Gasteiger charge is -2.09. The van der Waals surface area contributed by atoms with Crippen molar-refractivity contribution in [2.45, 2.75) is 19.4 Å². The van der Waals surface area contributed by atoms with Gasteiger partial charge >= 0.3 is 0 Å². The zero-order valence-electron chi connectivity index (χ0n) is 8.94. The molecule has 5 heteroatoms. The van der Waals surface area contributed by atoms with Gasteiger partial charge in [0.2, 0.25) is 5.95 Å². The van der Waals surface area contributed by atoms with E-state index in [4.69, 9.17) is 11.5 Å². The second-order valence-corrected chi connectivity index (χ2v) is 3.85. The minimum absolute atomic E-state index is 0.0548. The predicted molar refractivity (Wildman–Crippen MR) is 61.3 cm³/mol. The third-order valence-corrected chi connectivity index (χ3v) is 2.29. The number of hydrogen-bond donors (Lipinski definition) is 2. The van der Waals surface area contributed by atoms with Gasteiger partial charge in [-0.1, -0.05) is 12.1 Å². The van der Waals surface area contributed by atoms with Gasteiger partial charge in [0.15, 0.2) is 0 Å². The van der Waals surface area contributed by atoms with Gasteiger partial charge in [0, 0.05) is 17.8 Å². The van der Waals surface area contributed by atoms with Crippen molar-refractivity contribution in [3.8, 4) is 0 Å². The highest BCUT2D eigenvalue weighted by Crippen LogP contribution is 2.20. The van der Waals surface area contributed by atoms with Crippen LogP contribution in [0.3, 0.4) is 0 Å². The molecule has 1 aromatic heterocycles. The summed E-state index contributed by atoms with van der Waals surface area (Å²) in [7, 11) is 0. The Morgan fingerprint density at radius 2 is 2.12 bits per heavy atom. The lowest BCUT2D eigenvalue weighted by atomic mass is 10.1. The number of para-hydroxylation sites is 1. The molecular formula is C11H13FN4. The van der Waals surface area contributed by atoms with E-state index in [1.807, 2.05) is 6.92 Å². The highest BCUT2D eigenvalue weighted by molar-refractivity contribution is 5.82. The monoisotopic (exact) mass is 220 g/mol. The Bertz CT molecular complexity index is 525. The van der Waals surface area contributed by atoms with E-state index in [0.717, 1.165) is 0 Å². The van der Waals surface area contributed by atoms with Gasteiger partial charge in [-0.05, 0) is 13.0 Å². The maximum Gasteiger partial charge on any atom is 0.220 e. The standard InChI is InChI=1S/C11H13FN4/c1-6(13)5-9-7-3-2-4-8(12)10(7)16-11(14)15-9/h2-4,6H,5,13H2,1H3,(H2,14,15,16). The number of fused-ring (bicyclic) bond motifs is 1. The maximum atomic E-state index is 13.5. The third-order valence-electron chi connectivity index (χ3n) is 2.29. The highest BCUT2D eigenvalue weighted by atomic mass is 19.1. The van der Waals surface area contributed by atoms with Gasteiger partial charge in [-0.3, -0.25) is 0 Å². The van der Waals surface area contributed by atoms with E-state index in [1.165, 1.54) is 6.07 Å². The number of nitrogen functional groups attached to an aromatic ring is 1. The van der Waals surface area contributed by atoms with Gasteiger partial charge in [0.05, 0.1) is 5.69 Å². The molecule has 2 aromatic rings. The number of aromatic nitrogens is 2. The Labute approximate surface area is 92.5 Å². The fourth-order valence-corrected chi connectivity index (χ4v) is 1.66. The van der Waals surface area contributed by atoms with Gasteiger partial charge < -0.3 is 11.5 Å². The van der Waals surface area contributed by atoms with Crippen molar-refractivity contribution in [1.29, 1.82) is 0 Å². The van der Waals surface area contributed by atoms with E-state index in [-0.39, 0.29) is 17.5 Å². The number of nitrogens with two attached hydrogens (primary N) is 2. The number of anilines is 1. The van der Waals surface area contributed by atoms with E-state index in [9.17, 15) is 4.39 Å². The zero-order valence-corrected chi connectivity index (χ0v) is 8.94. The molecule has 1 aromatic carbocycles. The van der Waals surface area contributed by atoms with Gasteiger partial charge in [-0.25, -0.2) is 14.4 Å². The first-order valence-corrected chi connectivity index (χ1v) is 5.04. The molecule has 1 atom stereocenters. The smallest absolute Gasteiger partial charge is 0.220 e. The minimum atomic E-state index is -0.391. The van der Waals surface area contributed by atoms with Crippen LogP contribution in [-0.2, 0) is 6.42 Å². The lowest BCUT2D eigenvalue weighted by Crippen LogP contribution is -2.19. The first-order valence-electron chi connectivity index (χ1n) is 5.04. The molecule has 0 saturated carbocycles. The quantitative estimate of drug-likeness (QED) is 0.798. The van der Waals surface area contributed by atoms with E-state index < -0.39 is 5.82 Å². The molecular weight excluding hydrogens is 207 g/mol. The maximum absolute atomic E-state index is 13.5. The van der Waals surface area contributed by atoms with Crippen molar-refractivity contribution < 1.29 is 4.39 Å². The summed E-state index contributed by atoms with van der Waals surface area (Å²) >= 11 is 0. The van der Waals surface area contributed by atoms with Crippen molar-refractivity contribution in [2.24, 2.45) is 5.73 Å². The Morgan fingerprint density at radius 1 is 1.38 bits per heavy atom. The van der Waals surface area contributed by atoms with Gasteiger partial charge in [0.25, 0.3) is 0 Å². The topological polar surface area (TPSA) is 77.8 Å². The molecule has 0 aliphatic heterocycles. The summed E-state index contributed by atoms with van der Waals surface area (Å²) in [6.07, 6.45) is 0.548. The van der Waals surface area contributed by atoms with Crippen LogP contribution in [0, 0.1) is 5.82 Å². The third kappa shape index (κ3) is 1.94. The molecule has 16 heavy (non-hydrogen) atoms. The molecule has 0 fully saturated rings. The minimum Gasteiger partial charge on any atom is -0.368 e. The van der Waals surface area contributed by atoms with Crippen LogP contribution in [0.15, 0.2) is 18.2 Å². The van der Waals surface area contributed by atoms with Crippen LogP contribution < -0.4 is 11.5 Å². The number of halogens is 1. The molecule has 4 nitrogen and oxygen atoms in total. The number of benzene rings is 1. The highest BCUT2D eigenvalue weighted by Gasteiger charge is 2.10. The first-order chi connectivity index (χ1) is 7.58. The molecule has 1 heterocycles. The fourth-order valence-electron chi connectivity index (χ4n) is 1.66. The molecule has 0 spiro atoms.